The Hall–Kier alpha value is -2.33. The van der Waals surface area contributed by atoms with E-state index in [4.69, 9.17) is 11.6 Å². The van der Waals surface area contributed by atoms with E-state index in [-0.39, 0.29) is 23.7 Å². The number of anilines is 2. The number of benzene rings is 2. The van der Waals surface area contributed by atoms with Crippen molar-refractivity contribution in [1.29, 1.82) is 0 Å². The van der Waals surface area contributed by atoms with Crippen molar-refractivity contribution >= 4 is 34.8 Å². The molecule has 25 heavy (non-hydrogen) atoms. The van der Waals surface area contributed by atoms with Crippen LogP contribution in [0.1, 0.15) is 31.7 Å². The third kappa shape index (κ3) is 4.40. The average Bonchev–Trinajstić information content (AvgIpc) is 3.36. The van der Waals surface area contributed by atoms with Gasteiger partial charge in [-0.2, -0.15) is 0 Å². The molecule has 2 atom stereocenters. The molecule has 1 saturated carbocycles. The molecule has 2 aromatic carbocycles. The van der Waals surface area contributed by atoms with Crippen molar-refractivity contribution in [2.75, 3.05) is 10.6 Å². The lowest BCUT2D eigenvalue weighted by Gasteiger charge is -2.09. The van der Waals surface area contributed by atoms with Crippen LogP contribution in [0, 0.1) is 11.8 Å². The zero-order valence-corrected chi connectivity index (χ0v) is 15.0. The van der Waals surface area contributed by atoms with Crippen molar-refractivity contribution in [3.05, 3.63) is 59.1 Å². The molecule has 130 valence electrons. The van der Waals surface area contributed by atoms with Gasteiger partial charge in [0.25, 0.3) is 0 Å². The number of carbonyl (C=O) groups is 2. The Labute approximate surface area is 152 Å². The highest BCUT2D eigenvalue weighted by atomic mass is 35.5. The van der Waals surface area contributed by atoms with Gasteiger partial charge in [-0.1, -0.05) is 43.6 Å². The van der Waals surface area contributed by atoms with Gasteiger partial charge in [0.2, 0.25) is 11.8 Å². The number of carbonyl (C=O) groups excluding carboxylic acids is 2. The van der Waals surface area contributed by atoms with E-state index in [1.807, 2.05) is 24.3 Å². The maximum Gasteiger partial charge on any atom is 0.228 e. The van der Waals surface area contributed by atoms with Crippen molar-refractivity contribution in [3.63, 3.8) is 0 Å². The first kappa shape index (κ1) is 17.5. The summed E-state index contributed by atoms with van der Waals surface area (Å²) in [6.07, 6.45) is 0.572. The fourth-order valence-electron chi connectivity index (χ4n) is 2.76. The lowest BCUT2D eigenvalue weighted by molar-refractivity contribution is -0.122. The molecule has 0 bridgehead atoms. The van der Waals surface area contributed by atoms with E-state index in [9.17, 15) is 9.59 Å². The molecule has 0 saturated heterocycles. The van der Waals surface area contributed by atoms with E-state index in [1.165, 1.54) is 5.56 Å². The lowest BCUT2D eigenvalue weighted by atomic mass is 10.0. The molecular weight excluding hydrogens is 336 g/mol. The van der Waals surface area contributed by atoms with Crippen molar-refractivity contribution in [3.8, 4) is 0 Å². The zero-order valence-electron chi connectivity index (χ0n) is 14.3. The maximum atomic E-state index is 12.3. The normalized spacial score (nSPS) is 18.7. The zero-order chi connectivity index (χ0) is 18.0. The molecule has 0 spiro atoms. The Bertz CT molecular complexity index is 787. The summed E-state index contributed by atoms with van der Waals surface area (Å²) in [5, 5.41) is 6.26. The van der Waals surface area contributed by atoms with Crippen LogP contribution in [0.15, 0.2) is 48.5 Å². The molecule has 4 nitrogen and oxygen atoms in total. The highest BCUT2D eigenvalue weighted by molar-refractivity contribution is 6.30. The molecule has 1 aliphatic carbocycles. The van der Waals surface area contributed by atoms with Crippen molar-refractivity contribution in [1.82, 2.24) is 0 Å². The second kappa shape index (κ2) is 7.28. The monoisotopic (exact) mass is 356 g/mol. The van der Waals surface area contributed by atoms with Crippen LogP contribution in [-0.4, -0.2) is 11.8 Å². The van der Waals surface area contributed by atoms with Crippen molar-refractivity contribution < 1.29 is 9.59 Å². The first-order valence-corrected chi connectivity index (χ1v) is 8.79. The van der Waals surface area contributed by atoms with Crippen LogP contribution in [0.3, 0.4) is 0 Å². The summed E-state index contributed by atoms with van der Waals surface area (Å²) < 4.78 is 0. The number of halogens is 1. The van der Waals surface area contributed by atoms with Gasteiger partial charge in [-0.15, -0.1) is 0 Å². The Balaban J connectivity index is 1.54. The maximum absolute atomic E-state index is 12.3. The molecule has 5 heteroatoms. The summed E-state index contributed by atoms with van der Waals surface area (Å²) in [5.41, 5.74) is 2.63. The third-order valence-electron chi connectivity index (χ3n) is 4.40. The first-order chi connectivity index (χ1) is 11.9. The molecule has 2 N–H and O–H groups in total. The number of hydrogen-bond donors (Lipinski definition) is 2. The Morgan fingerprint density at radius 1 is 0.960 bits per heavy atom. The lowest BCUT2D eigenvalue weighted by Crippen LogP contribution is -2.20. The molecular formula is C20H21ClN2O2. The van der Waals surface area contributed by atoms with Gasteiger partial charge in [-0.3, -0.25) is 9.59 Å². The minimum absolute atomic E-state index is 0.108. The summed E-state index contributed by atoms with van der Waals surface area (Å²) in [4.78, 5) is 24.5. The smallest absolute Gasteiger partial charge is 0.228 e. The van der Waals surface area contributed by atoms with Crippen molar-refractivity contribution in [2.24, 2.45) is 11.8 Å². The SMILES string of the molecule is CC(C)c1ccc(NC(=O)C2CC2C(=O)Nc2cccc(Cl)c2)cc1. The number of hydrogen-bond acceptors (Lipinski definition) is 2. The average molecular weight is 357 g/mol. The summed E-state index contributed by atoms with van der Waals surface area (Å²) in [6.45, 7) is 4.25. The Kier molecular flexibility index (Phi) is 5.09. The van der Waals surface area contributed by atoms with Gasteiger partial charge in [-0.25, -0.2) is 0 Å². The molecule has 3 rings (SSSR count). The summed E-state index contributed by atoms with van der Waals surface area (Å²) in [7, 11) is 0. The van der Waals surface area contributed by atoms with Gasteiger partial charge >= 0.3 is 0 Å². The Morgan fingerprint density at radius 3 is 2.12 bits per heavy atom. The van der Waals surface area contributed by atoms with E-state index in [2.05, 4.69) is 24.5 Å². The van der Waals surface area contributed by atoms with Crippen LogP contribution in [0.4, 0.5) is 11.4 Å². The minimum atomic E-state index is -0.283. The number of rotatable bonds is 5. The highest BCUT2D eigenvalue weighted by Crippen LogP contribution is 2.40. The molecule has 0 heterocycles. The van der Waals surface area contributed by atoms with E-state index in [1.54, 1.807) is 24.3 Å². The van der Waals surface area contributed by atoms with Gasteiger partial charge in [0.05, 0.1) is 11.8 Å². The van der Waals surface area contributed by atoms with E-state index >= 15 is 0 Å². The van der Waals surface area contributed by atoms with Crippen LogP contribution < -0.4 is 10.6 Å². The first-order valence-electron chi connectivity index (χ1n) is 8.41. The molecule has 1 fully saturated rings. The van der Waals surface area contributed by atoms with Gasteiger partial charge in [0.1, 0.15) is 0 Å². The molecule has 0 aliphatic heterocycles. The second-order valence-electron chi connectivity index (χ2n) is 6.71. The second-order valence-corrected chi connectivity index (χ2v) is 7.15. The van der Waals surface area contributed by atoms with Crippen LogP contribution in [0.2, 0.25) is 5.02 Å². The van der Waals surface area contributed by atoms with Crippen molar-refractivity contribution in [2.45, 2.75) is 26.2 Å². The van der Waals surface area contributed by atoms with E-state index < -0.39 is 0 Å². The van der Waals surface area contributed by atoms with E-state index in [0.717, 1.165) is 5.69 Å². The predicted molar refractivity (Wildman–Crippen MR) is 101 cm³/mol. The fourth-order valence-corrected chi connectivity index (χ4v) is 2.95. The highest BCUT2D eigenvalue weighted by Gasteiger charge is 2.48. The molecule has 2 aromatic rings. The summed E-state index contributed by atoms with van der Waals surface area (Å²) in [6, 6.07) is 14.8. The van der Waals surface area contributed by atoms with Crippen LogP contribution in [0.5, 0.6) is 0 Å². The van der Waals surface area contributed by atoms with Gasteiger partial charge < -0.3 is 10.6 Å². The van der Waals surface area contributed by atoms with Crippen LogP contribution in [-0.2, 0) is 9.59 Å². The fraction of sp³-hybridized carbons (Fsp3) is 0.300. The number of nitrogens with one attached hydrogen (secondary N) is 2. The molecule has 0 aromatic heterocycles. The standard InChI is InChI=1S/C20H21ClN2O2/c1-12(2)13-6-8-15(9-7-13)22-19(24)17-11-18(17)20(25)23-16-5-3-4-14(21)10-16/h3-10,12,17-18H,11H2,1-2H3,(H,22,24)(H,23,25). The molecule has 2 unspecified atom stereocenters. The molecule has 2 amide bonds. The van der Waals surface area contributed by atoms with Gasteiger partial charge in [0, 0.05) is 16.4 Å². The minimum Gasteiger partial charge on any atom is -0.326 e. The van der Waals surface area contributed by atoms with Crippen LogP contribution in [0.25, 0.3) is 0 Å². The summed E-state index contributed by atoms with van der Waals surface area (Å²) >= 11 is 5.91. The third-order valence-corrected chi connectivity index (χ3v) is 4.64. The summed E-state index contributed by atoms with van der Waals surface area (Å²) in [5.74, 6) is -0.355. The molecule has 0 radical (unpaired) electrons. The van der Waals surface area contributed by atoms with Gasteiger partial charge in [-0.05, 0) is 48.2 Å². The quantitative estimate of drug-likeness (QED) is 0.817. The van der Waals surface area contributed by atoms with E-state index in [0.29, 0.717) is 23.0 Å². The number of amides is 2. The Morgan fingerprint density at radius 2 is 1.56 bits per heavy atom. The topological polar surface area (TPSA) is 58.2 Å². The van der Waals surface area contributed by atoms with Gasteiger partial charge in [0.15, 0.2) is 0 Å². The largest absolute Gasteiger partial charge is 0.326 e. The molecule has 1 aliphatic rings. The van der Waals surface area contributed by atoms with Crippen LogP contribution >= 0.6 is 11.6 Å². The predicted octanol–water partition coefficient (Wildman–Crippen LogP) is 4.68.